The number of fused-ring (bicyclic) bond motifs is 1. The van der Waals surface area contributed by atoms with Gasteiger partial charge in [0.15, 0.2) is 5.82 Å². The van der Waals surface area contributed by atoms with Crippen LogP contribution in [0.3, 0.4) is 0 Å². The maximum absolute atomic E-state index is 5.13. The first-order valence-corrected chi connectivity index (χ1v) is 6.43. The Labute approximate surface area is 113 Å². The van der Waals surface area contributed by atoms with Crippen molar-refractivity contribution in [1.82, 2.24) is 19.6 Å². The molecule has 19 heavy (non-hydrogen) atoms. The van der Waals surface area contributed by atoms with Gasteiger partial charge in [0, 0.05) is 32.7 Å². The second-order valence-corrected chi connectivity index (χ2v) is 5.48. The molecule has 2 rings (SSSR count). The van der Waals surface area contributed by atoms with E-state index in [4.69, 9.17) is 4.74 Å². The Balaban J connectivity index is 2.09. The standard InChI is InChI=1S/C13H21N5O/c1-10-16-17-12-11(14-6-7-18(10)12)15-9-13(2,3)5-8-19-4/h6-7H,5,8-9H2,1-4H3,(H,14,15). The van der Waals surface area contributed by atoms with Crippen molar-refractivity contribution < 1.29 is 4.74 Å². The van der Waals surface area contributed by atoms with E-state index in [0.29, 0.717) is 0 Å². The number of rotatable bonds is 6. The Hall–Kier alpha value is -1.69. The van der Waals surface area contributed by atoms with Gasteiger partial charge in [-0.05, 0) is 18.8 Å². The number of nitrogens with zero attached hydrogens (tertiary/aromatic N) is 4. The van der Waals surface area contributed by atoms with Crippen LogP contribution in [0.25, 0.3) is 5.65 Å². The van der Waals surface area contributed by atoms with Crippen LogP contribution in [0.2, 0.25) is 0 Å². The molecule has 0 bridgehead atoms. The van der Waals surface area contributed by atoms with Gasteiger partial charge in [0.25, 0.3) is 0 Å². The van der Waals surface area contributed by atoms with Crippen molar-refractivity contribution in [2.24, 2.45) is 5.41 Å². The van der Waals surface area contributed by atoms with Crippen LogP contribution in [0.5, 0.6) is 0 Å². The molecule has 0 atom stereocenters. The molecule has 6 heteroatoms. The van der Waals surface area contributed by atoms with E-state index in [1.807, 2.05) is 17.5 Å². The summed E-state index contributed by atoms with van der Waals surface area (Å²) in [5.41, 5.74) is 0.905. The highest BCUT2D eigenvalue weighted by atomic mass is 16.5. The van der Waals surface area contributed by atoms with Gasteiger partial charge < -0.3 is 10.1 Å². The average Bonchev–Trinajstić information content (AvgIpc) is 2.77. The third-order valence-corrected chi connectivity index (χ3v) is 3.21. The van der Waals surface area contributed by atoms with Gasteiger partial charge in [-0.2, -0.15) is 0 Å². The molecule has 0 amide bonds. The summed E-state index contributed by atoms with van der Waals surface area (Å²) in [6, 6.07) is 0. The Bertz CT molecular complexity index is 549. The molecule has 104 valence electrons. The van der Waals surface area contributed by atoms with Gasteiger partial charge in [-0.1, -0.05) is 13.8 Å². The van der Waals surface area contributed by atoms with Gasteiger partial charge in [-0.25, -0.2) is 4.98 Å². The van der Waals surface area contributed by atoms with Crippen molar-refractivity contribution in [3.8, 4) is 0 Å². The molecule has 6 nitrogen and oxygen atoms in total. The zero-order valence-electron chi connectivity index (χ0n) is 12.0. The lowest BCUT2D eigenvalue weighted by Crippen LogP contribution is -2.25. The summed E-state index contributed by atoms with van der Waals surface area (Å²) >= 11 is 0. The fourth-order valence-corrected chi connectivity index (χ4v) is 1.86. The van der Waals surface area contributed by atoms with Crippen molar-refractivity contribution in [2.75, 3.05) is 25.6 Å². The first-order valence-electron chi connectivity index (χ1n) is 6.43. The monoisotopic (exact) mass is 263 g/mol. The first-order chi connectivity index (χ1) is 9.03. The number of anilines is 1. The number of nitrogens with one attached hydrogen (secondary N) is 1. The van der Waals surface area contributed by atoms with E-state index in [1.54, 1.807) is 13.3 Å². The first kappa shape index (κ1) is 13.7. The average molecular weight is 263 g/mol. The maximum atomic E-state index is 5.13. The molecule has 0 unspecified atom stereocenters. The van der Waals surface area contributed by atoms with Crippen LogP contribution in [0.4, 0.5) is 5.82 Å². The SMILES string of the molecule is COCCC(C)(C)CNc1nccn2c(C)nnc12. The third kappa shape index (κ3) is 3.20. The predicted molar refractivity (Wildman–Crippen MR) is 74.3 cm³/mol. The fraction of sp³-hybridized carbons (Fsp3) is 0.615. The highest BCUT2D eigenvalue weighted by molar-refractivity contribution is 5.61. The molecule has 0 radical (unpaired) electrons. The molecule has 0 fully saturated rings. The highest BCUT2D eigenvalue weighted by Crippen LogP contribution is 2.21. The topological polar surface area (TPSA) is 64.3 Å². The summed E-state index contributed by atoms with van der Waals surface area (Å²) in [5, 5.41) is 11.6. The van der Waals surface area contributed by atoms with Crippen molar-refractivity contribution in [1.29, 1.82) is 0 Å². The summed E-state index contributed by atoms with van der Waals surface area (Å²) in [4.78, 5) is 4.34. The molecule has 0 aromatic carbocycles. The third-order valence-electron chi connectivity index (χ3n) is 3.21. The Kier molecular flexibility index (Phi) is 3.99. The number of hydrogen-bond acceptors (Lipinski definition) is 5. The molecule has 1 N–H and O–H groups in total. The van der Waals surface area contributed by atoms with E-state index < -0.39 is 0 Å². The minimum Gasteiger partial charge on any atom is -0.385 e. The zero-order valence-corrected chi connectivity index (χ0v) is 12.0. The lowest BCUT2D eigenvalue weighted by Gasteiger charge is -2.24. The molecule has 0 saturated carbocycles. The maximum Gasteiger partial charge on any atom is 0.203 e. The molecule has 0 aliphatic rings. The number of methoxy groups -OCH3 is 1. The second kappa shape index (κ2) is 5.52. The molecular weight excluding hydrogens is 242 g/mol. The van der Waals surface area contributed by atoms with Crippen molar-refractivity contribution in [3.63, 3.8) is 0 Å². The van der Waals surface area contributed by atoms with E-state index in [2.05, 4.69) is 34.3 Å². The molecule has 2 aromatic heterocycles. The molecule has 0 aliphatic carbocycles. The molecular formula is C13H21N5O. The summed E-state index contributed by atoms with van der Waals surface area (Å²) in [6.07, 6.45) is 4.62. The van der Waals surface area contributed by atoms with E-state index >= 15 is 0 Å². The highest BCUT2D eigenvalue weighted by Gasteiger charge is 2.18. The quantitative estimate of drug-likeness (QED) is 0.862. The summed E-state index contributed by atoms with van der Waals surface area (Å²) in [7, 11) is 1.73. The van der Waals surface area contributed by atoms with Crippen LogP contribution in [0, 0.1) is 12.3 Å². The summed E-state index contributed by atoms with van der Waals surface area (Å²) in [6.45, 7) is 7.90. The largest absolute Gasteiger partial charge is 0.385 e. The summed E-state index contributed by atoms with van der Waals surface area (Å²) in [5.74, 6) is 1.63. The van der Waals surface area contributed by atoms with Gasteiger partial charge in [0.1, 0.15) is 5.82 Å². The number of aryl methyl sites for hydroxylation is 1. The minimum atomic E-state index is 0.138. The van der Waals surface area contributed by atoms with Gasteiger partial charge in [0.2, 0.25) is 5.65 Å². The van der Waals surface area contributed by atoms with Crippen LogP contribution in [0.15, 0.2) is 12.4 Å². The van der Waals surface area contributed by atoms with Crippen molar-refractivity contribution >= 4 is 11.5 Å². The summed E-state index contributed by atoms with van der Waals surface area (Å²) < 4.78 is 7.06. The van der Waals surface area contributed by atoms with Crippen LogP contribution >= 0.6 is 0 Å². The molecule has 0 aliphatic heterocycles. The van der Waals surface area contributed by atoms with Gasteiger partial charge in [-0.3, -0.25) is 4.40 Å². The smallest absolute Gasteiger partial charge is 0.203 e. The zero-order chi connectivity index (χ0) is 13.9. The molecule has 2 heterocycles. The normalized spacial score (nSPS) is 12.0. The fourth-order valence-electron chi connectivity index (χ4n) is 1.86. The van der Waals surface area contributed by atoms with E-state index in [1.165, 1.54) is 0 Å². The number of aromatic nitrogens is 4. The van der Waals surface area contributed by atoms with Crippen LogP contribution < -0.4 is 5.32 Å². The van der Waals surface area contributed by atoms with Crippen molar-refractivity contribution in [2.45, 2.75) is 27.2 Å². The van der Waals surface area contributed by atoms with Crippen LogP contribution in [-0.4, -0.2) is 39.8 Å². The second-order valence-electron chi connectivity index (χ2n) is 5.48. The Morgan fingerprint density at radius 1 is 1.37 bits per heavy atom. The van der Waals surface area contributed by atoms with E-state index in [0.717, 1.165) is 36.9 Å². The molecule has 0 saturated heterocycles. The molecule has 2 aromatic rings. The number of hydrogen-bond donors (Lipinski definition) is 1. The van der Waals surface area contributed by atoms with Gasteiger partial charge >= 0.3 is 0 Å². The lowest BCUT2D eigenvalue weighted by molar-refractivity contribution is 0.157. The minimum absolute atomic E-state index is 0.138. The molecule has 0 spiro atoms. The van der Waals surface area contributed by atoms with Gasteiger partial charge in [0.05, 0.1) is 0 Å². The van der Waals surface area contributed by atoms with Gasteiger partial charge in [-0.15, -0.1) is 10.2 Å². The van der Waals surface area contributed by atoms with E-state index in [-0.39, 0.29) is 5.41 Å². The Morgan fingerprint density at radius 3 is 2.89 bits per heavy atom. The number of ether oxygens (including phenoxy) is 1. The van der Waals surface area contributed by atoms with Crippen LogP contribution in [0.1, 0.15) is 26.1 Å². The van der Waals surface area contributed by atoms with Crippen molar-refractivity contribution in [3.05, 3.63) is 18.2 Å². The van der Waals surface area contributed by atoms with Crippen LogP contribution in [-0.2, 0) is 4.74 Å². The Morgan fingerprint density at radius 2 is 2.16 bits per heavy atom. The van der Waals surface area contributed by atoms with E-state index in [9.17, 15) is 0 Å². The predicted octanol–water partition coefficient (Wildman–Crippen LogP) is 1.91. The lowest BCUT2D eigenvalue weighted by atomic mass is 9.90.